The summed E-state index contributed by atoms with van der Waals surface area (Å²) in [4.78, 5) is 8.03. The molecule has 0 saturated heterocycles. The first-order chi connectivity index (χ1) is 8.19. The van der Waals surface area contributed by atoms with Crippen LogP contribution in [0.25, 0.3) is 0 Å². The normalized spacial score (nSPS) is 10.3. The number of nitrogens with zero attached hydrogens (tertiary/aromatic N) is 2. The zero-order valence-corrected chi connectivity index (χ0v) is 10.8. The summed E-state index contributed by atoms with van der Waals surface area (Å²) >= 11 is 3.42. The number of aryl methyl sites for hydroxylation is 1. The van der Waals surface area contributed by atoms with E-state index in [0.717, 1.165) is 10.0 Å². The van der Waals surface area contributed by atoms with Crippen LogP contribution >= 0.6 is 15.9 Å². The number of hydrogen-bond acceptors (Lipinski definition) is 4. The Bertz CT molecular complexity index is 532. The van der Waals surface area contributed by atoms with Gasteiger partial charge in [-0.1, -0.05) is 15.9 Å². The number of aliphatic hydroxyl groups excluding tert-OH is 1. The fraction of sp³-hybridized carbons (Fsp3) is 0.167. The maximum absolute atomic E-state index is 8.94. The summed E-state index contributed by atoms with van der Waals surface area (Å²) in [5.74, 6) is 1.06. The number of halogens is 1. The van der Waals surface area contributed by atoms with Gasteiger partial charge >= 0.3 is 0 Å². The summed E-state index contributed by atoms with van der Waals surface area (Å²) in [6.45, 7) is 1.83. The second-order valence-corrected chi connectivity index (χ2v) is 4.37. The van der Waals surface area contributed by atoms with Crippen molar-refractivity contribution < 1.29 is 9.84 Å². The highest BCUT2D eigenvalue weighted by atomic mass is 79.9. The van der Waals surface area contributed by atoms with Crippen molar-refractivity contribution >= 4 is 15.9 Å². The van der Waals surface area contributed by atoms with E-state index in [1.165, 1.54) is 12.4 Å². The Morgan fingerprint density at radius 3 is 2.88 bits per heavy atom. The minimum atomic E-state index is -0.149. The molecule has 1 aromatic carbocycles. The molecule has 0 atom stereocenters. The summed E-state index contributed by atoms with van der Waals surface area (Å²) < 4.78 is 6.58. The first-order valence-electron chi connectivity index (χ1n) is 5.05. The van der Waals surface area contributed by atoms with Gasteiger partial charge in [-0.15, -0.1) is 0 Å². The molecule has 1 heterocycles. The Kier molecular flexibility index (Phi) is 3.71. The third-order valence-electron chi connectivity index (χ3n) is 2.18. The molecule has 4 nitrogen and oxygen atoms in total. The molecule has 0 aliphatic carbocycles. The summed E-state index contributed by atoms with van der Waals surface area (Å²) in [7, 11) is 0. The van der Waals surface area contributed by atoms with E-state index < -0.39 is 0 Å². The van der Waals surface area contributed by atoms with Crippen molar-refractivity contribution in [1.29, 1.82) is 0 Å². The molecule has 0 aliphatic heterocycles. The quantitative estimate of drug-likeness (QED) is 0.946. The Labute approximate surface area is 107 Å². The second-order valence-electron chi connectivity index (χ2n) is 3.52. The van der Waals surface area contributed by atoms with Crippen LogP contribution in [0, 0.1) is 6.92 Å². The molecule has 0 aliphatic rings. The lowest BCUT2D eigenvalue weighted by Crippen LogP contribution is -1.95. The number of rotatable bonds is 3. The molecule has 0 fully saturated rings. The van der Waals surface area contributed by atoms with Gasteiger partial charge in [-0.2, -0.15) is 0 Å². The number of ether oxygens (including phenoxy) is 1. The van der Waals surface area contributed by atoms with Gasteiger partial charge in [0.1, 0.15) is 5.75 Å². The zero-order valence-electron chi connectivity index (χ0n) is 9.22. The van der Waals surface area contributed by atoms with Gasteiger partial charge in [0.2, 0.25) is 5.88 Å². The van der Waals surface area contributed by atoms with Gasteiger partial charge in [-0.25, -0.2) is 4.98 Å². The van der Waals surface area contributed by atoms with Crippen LogP contribution in [0.15, 0.2) is 35.1 Å². The molecule has 17 heavy (non-hydrogen) atoms. The van der Waals surface area contributed by atoms with E-state index in [1.807, 2.05) is 25.1 Å². The number of aromatic nitrogens is 2. The minimum absolute atomic E-state index is 0.149. The molecule has 1 N–H and O–H groups in total. The van der Waals surface area contributed by atoms with Crippen molar-refractivity contribution in [3.8, 4) is 11.6 Å². The maximum Gasteiger partial charge on any atom is 0.238 e. The van der Waals surface area contributed by atoms with Crippen LogP contribution in [-0.4, -0.2) is 15.1 Å². The zero-order chi connectivity index (χ0) is 12.3. The maximum atomic E-state index is 8.94. The molecule has 0 saturated carbocycles. The smallest absolute Gasteiger partial charge is 0.238 e. The summed E-state index contributed by atoms with van der Waals surface area (Å²) in [6, 6.07) is 5.65. The van der Waals surface area contributed by atoms with Gasteiger partial charge in [0.05, 0.1) is 24.7 Å². The van der Waals surface area contributed by atoms with Gasteiger partial charge in [0, 0.05) is 4.47 Å². The topological polar surface area (TPSA) is 55.2 Å². The monoisotopic (exact) mass is 294 g/mol. The van der Waals surface area contributed by atoms with Crippen LogP contribution in [0.2, 0.25) is 0 Å². The highest BCUT2D eigenvalue weighted by Gasteiger charge is 2.02. The van der Waals surface area contributed by atoms with Crippen LogP contribution in [0.1, 0.15) is 11.3 Å². The Morgan fingerprint density at radius 1 is 1.35 bits per heavy atom. The molecular weight excluding hydrogens is 284 g/mol. The third-order valence-corrected chi connectivity index (χ3v) is 3.07. The van der Waals surface area contributed by atoms with Crippen molar-refractivity contribution in [1.82, 2.24) is 9.97 Å². The average molecular weight is 295 g/mol. The predicted octanol–water partition coefficient (Wildman–Crippen LogP) is 2.83. The molecule has 0 amide bonds. The molecular formula is C12H11BrN2O2. The van der Waals surface area contributed by atoms with Gasteiger partial charge in [-0.05, 0) is 30.7 Å². The van der Waals surface area contributed by atoms with Crippen molar-refractivity contribution in [3.05, 3.63) is 46.3 Å². The SMILES string of the molecule is Cc1cc(Oc2cncc(CO)n2)ccc1Br. The van der Waals surface area contributed by atoms with Crippen molar-refractivity contribution in [2.75, 3.05) is 0 Å². The molecule has 2 aromatic rings. The van der Waals surface area contributed by atoms with Crippen molar-refractivity contribution in [3.63, 3.8) is 0 Å². The van der Waals surface area contributed by atoms with Crippen LogP contribution in [0.5, 0.6) is 11.6 Å². The van der Waals surface area contributed by atoms with E-state index in [9.17, 15) is 0 Å². The lowest BCUT2D eigenvalue weighted by atomic mass is 10.2. The number of benzene rings is 1. The first kappa shape index (κ1) is 12.0. The van der Waals surface area contributed by atoms with E-state index in [4.69, 9.17) is 9.84 Å². The predicted molar refractivity (Wildman–Crippen MR) is 66.9 cm³/mol. The van der Waals surface area contributed by atoms with Crippen LogP contribution in [0.4, 0.5) is 0 Å². The van der Waals surface area contributed by atoms with Gasteiger partial charge < -0.3 is 9.84 Å². The molecule has 1 aromatic heterocycles. The number of aliphatic hydroxyl groups is 1. The van der Waals surface area contributed by atoms with Crippen LogP contribution in [0.3, 0.4) is 0 Å². The second kappa shape index (κ2) is 5.25. The Balaban J connectivity index is 2.22. The summed E-state index contributed by atoms with van der Waals surface area (Å²) in [5.41, 5.74) is 1.56. The van der Waals surface area contributed by atoms with Crippen molar-refractivity contribution in [2.24, 2.45) is 0 Å². The van der Waals surface area contributed by atoms with E-state index in [2.05, 4.69) is 25.9 Å². The first-order valence-corrected chi connectivity index (χ1v) is 5.84. The lowest BCUT2D eigenvalue weighted by molar-refractivity contribution is 0.274. The number of hydrogen-bond donors (Lipinski definition) is 1. The van der Waals surface area contributed by atoms with Gasteiger partial charge in [0.25, 0.3) is 0 Å². The standard InChI is InChI=1S/C12H11BrN2O2/c1-8-4-10(2-3-11(8)13)17-12-6-14-5-9(7-16)15-12/h2-6,16H,7H2,1H3. The van der Waals surface area contributed by atoms with E-state index >= 15 is 0 Å². The summed E-state index contributed by atoms with van der Waals surface area (Å²) in [5, 5.41) is 8.94. The third kappa shape index (κ3) is 3.01. The van der Waals surface area contributed by atoms with E-state index in [0.29, 0.717) is 17.3 Å². The average Bonchev–Trinajstić information content (AvgIpc) is 2.34. The van der Waals surface area contributed by atoms with Crippen LogP contribution in [-0.2, 0) is 6.61 Å². The van der Waals surface area contributed by atoms with Crippen LogP contribution < -0.4 is 4.74 Å². The fourth-order valence-corrected chi connectivity index (χ4v) is 1.56. The van der Waals surface area contributed by atoms with E-state index in [1.54, 1.807) is 0 Å². The molecule has 0 bridgehead atoms. The lowest BCUT2D eigenvalue weighted by Gasteiger charge is -2.06. The highest BCUT2D eigenvalue weighted by molar-refractivity contribution is 9.10. The molecule has 0 radical (unpaired) electrons. The van der Waals surface area contributed by atoms with E-state index in [-0.39, 0.29) is 6.61 Å². The summed E-state index contributed by atoms with van der Waals surface area (Å²) in [6.07, 6.45) is 3.01. The molecule has 5 heteroatoms. The molecule has 0 unspecified atom stereocenters. The molecule has 0 spiro atoms. The fourth-order valence-electron chi connectivity index (χ4n) is 1.31. The van der Waals surface area contributed by atoms with Gasteiger partial charge in [-0.3, -0.25) is 4.98 Å². The minimum Gasteiger partial charge on any atom is -0.437 e. The largest absolute Gasteiger partial charge is 0.437 e. The Hall–Kier alpha value is -1.46. The van der Waals surface area contributed by atoms with Gasteiger partial charge in [0.15, 0.2) is 0 Å². The molecule has 88 valence electrons. The highest BCUT2D eigenvalue weighted by Crippen LogP contribution is 2.24. The van der Waals surface area contributed by atoms with Crippen molar-refractivity contribution in [2.45, 2.75) is 13.5 Å². The molecule has 2 rings (SSSR count). The Morgan fingerprint density at radius 2 is 2.18 bits per heavy atom.